The van der Waals surface area contributed by atoms with E-state index in [1.807, 2.05) is 24.3 Å². The van der Waals surface area contributed by atoms with Crippen LogP contribution in [0.1, 0.15) is 25.7 Å². The maximum atomic E-state index is 10.1. The van der Waals surface area contributed by atoms with Gasteiger partial charge in [-0.05, 0) is 76.1 Å². The lowest BCUT2D eigenvalue weighted by Crippen LogP contribution is -2.33. The molecule has 2 fully saturated rings. The second-order valence-electron chi connectivity index (χ2n) is 7.42. The highest BCUT2D eigenvalue weighted by Crippen LogP contribution is 2.18. The molecular weight excluding hydrogens is 332 g/mol. The summed E-state index contributed by atoms with van der Waals surface area (Å²) in [7, 11) is 0. The van der Waals surface area contributed by atoms with E-state index in [-0.39, 0.29) is 0 Å². The molecule has 0 aliphatic carbocycles. The third-order valence-electron chi connectivity index (χ3n) is 5.04. The predicted molar refractivity (Wildman–Crippen MR) is 101 cm³/mol. The van der Waals surface area contributed by atoms with Crippen LogP contribution >= 0.6 is 0 Å². The van der Waals surface area contributed by atoms with Crippen LogP contribution in [0.2, 0.25) is 0 Å². The Morgan fingerprint density at radius 1 is 0.692 bits per heavy atom. The average Bonchev–Trinajstić information content (AvgIpc) is 3.33. The molecule has 2 N–H and O–H groups in total. The number of hydrogen-bond donors (Lipinski definition) is 2. The van der Waals surface area contributed by atoms with Gasteiger partial charge in [-0.3, -0.25) is 0 Å². The van der Waals surface area contributed by atoms with Gasteiger partial charge in [0.25, 0.3) is 0 Å². The molecule has 1 aromatic carbocycles. The Morgan fingerprint density at radius 2 is 1.04 bits per heavy atom. The molecule has 2 atom stereocenters. The second-order valence-corrected chi connectivity index (χ2v) is 7.42. The Kier molecular flexibility index (Phi) is 7.55. The summed E-state index contributed by atoms with van der Waals surface area (Å²) < 4.78 is 11.3. The summed E-state index contributed by atoms with van der Waals surface area (Å²) in [5.41, 5.74) is 0. The normalized spacial score (nSPS) is 21.0. The summed E-state index contributed by atoms with van der Waals surface area (Å²) in [6.45, 7) is 6.25. The smallest absolute Gasteiger partial charge is 0.119 e. The lowest BCUT2D eigenvalue weighted by atomic mass is 10.3. The van der Waals surface area contributed by atoms with Crippen molar-refractivity contribution < 1.29 is 19.7 Å². The first-order valence-electron chi connectivity index (χ1n) is 9.85. The first-order chi connectivity index (χ1) is 12.7. The molecule has 6 nitrogen and oxygen atoms in total. The van der Waals surface area contributed by atoms with Gasteiger partial charge in [-0.15, -0.1) is 0 Å². The molecule has 0 spiro atoms. The van der Waals surface area contributed by atoms with Crippen molar-refractivity contribution in [2.24, 2.45) is 0 Å². The van der Waals surface area contributed by atoms with Crippen molar-refractivity contribution in [1.29, 1.82) is 0 Å². The number of aliphatic hydroxyl groups excluding tert-OH is 2. The maximum Gasteiger partial charge on any atom is 0.119 e. The first kappa shape index (κ1) is 19.4. The summed E-state index contributed by atoms with van der Waals surface area (Å²) in [6.07, 6.45) is 3.96. The highest BCUT2D eigenvalue weighted by molar-refractivity contribution is 5.31. The maximum absolute atomic E-state index is 10.1. The van der Waals surface area contributed by atoms with Crippen molar-refractivity contribution in [2.75, 3.05) is 52.5 Å². The summed E-state index contributed by atoms with van der Waals surface area (Å²) in [5, 5.41) is 20.1. The van der Waals surface area contributed by atoms with Crippen molar-refractivity contribution in [3.05, 3.63) is 24.3 Å². The third kappa shape index (κ3) is 6.43. The van der Waals surface area contributed by atoms with E-state index in [1.54, 1.807) is 0 Å². The molecule has 0 bridgehead atoms. The van der Waals surface area contributed by atoms with Gasteiger partial charge in [-0.1, -0.05) is 0 Å². The van der Waals surface area contributed by atoms with E-state index in [9.17, 15) is 10.2 Å². The fraction of sp³-hybridized carbons (Fsp3) is 0.700. The van der Waals surface area contributed by atoms with Crippen molar-refractivity contribution in [1.82, 2.24) is 9.80 Å². The Balaban J connectivity index is 1.33. The lowest BCUT2D eigenvalue weighted by molar-refractivity contribution is 0.0743. The standard InChI is InChI=1S/C20H32N2O4/c23-17(13-21-9-1-2-10-21)15-25-19-5-7-20(8-6-19)26-16-18(24)14-22-11-3-4-12-22/h5-8,17-18,23-24H,1-4,9-16H2/t17-,18-/m1/s1. The van der Waals surface area contributed by atoms with Crippen LogP contribution in [0.25, 0.3) is 0 Å². The van der Waals surface area contributed by atoms with Gasteiger partial charge in [0.1, 0.15) is 36.9 Å². The second kappa shape index (κ2) is 10.1. The molecule has 2 aliphatic heterocycles. The average molecular weight is 364 g/mol. The van der Waals surface area contributed by atoms with Crippen LogP contribution in [0.5, 0.6) is 11.5 Å². The van der Waals surface area contributed by atoms with Gasteiger partial charge in [0.2, 0.25) is 0 Å². The number of aliphatic hydroxyl groups is 2. The minimum Gasteiger partial charge on any atom is -0.491 e. The lowest BCUT2D eigenvalue weighted by Gasteiger charge is -2.20. The molecule has 0 aromatic heterocycles. The topological polar surface area (TPSA) is 65.4 Å². The summed E-state index contributed by atoms with van der Waals surface area (Å²) in [6, 6.07) is 7.35. The van der Waals surface area contributed by atoms with Crippen LogP contribution in [0.3, 0.4) is 0 Å². The van der Waals surface area contributed by atoms with Crippen molar-refractivity contribution in [3.63, 3.8) is 0 Å². The zero-order valence-electron chi connectivity index (χ0n) is 15.6. The van der Waals surface area contributed by atoms with Crippen molar-refractivity contribution in [2.45, 2.75) is 37.9 Å². The van der Waals surface area contributed by atoms with Gasteiger partial charge < -0.3 is 29.5 Å². The number of hydrogen-bond acceptors (Lipinski definition) is 6. The minimum atomic E-state index is -0.468. The quantitative estimate of drug-likeness (QED) is 0.654. The Bertz CT molecular complexity index is 466. The van der Waals surface area contributed by atoms with E-state index in [0.29, 0.717) is 26.3 Å². The molecule has 2 saturated heterocycles. The molecule has 1 aromatic rings. The number of β-amino-alcohol motifs (C(OH)–C–C–N with tert-alkyl or cyclic N) is 2. The van der Waals surface area contributed by atoms with Crippen LogP contribution < -0.4 is 9.47 Å². The molecule has 2 heterocycles. The Morgan fingerprint density at radius 3 is 1.38 bits per heavy atom. The fourth-order valence-corrected chi connectivity index (χ4v) is 3.65. The molecule has 2 aliphatic rings. The number of rotatable bonds is 10. The zero-order chi connectivity index (χ0) is 18.2. The molecule has 0 amide bonds. The van der Waals surface area contributed by atoms with E-state index in [1.165, 1.54) is 25.7 Å². The van der Waals surface area contributed by atoms with Crippen LogP contribution in [0.15, 0.2) is 24.3 Å². The van der Waals surface area contributed by atoms with E-state index in [0.717, 1.165) is 37.7 Å². The molecule has 146 valence electrons. The highest BCUT2D eigenvalue weighted by atomic mass is 16.5. The molecule has 3 rings (SSSR count). The van der Waals surface area contributed by atoms with Crippen LogP contribution in [-0.4, -0.2) is 84.7 Å². The molecule has 0 radical (unpaired) electrons. The van der Waals surface area contributed by atoms with Crippen LogP contribution in [0.4, 0.5) is 0 Å². The number of nitrogens with zero attached hydrogens (tertiary/aromatic N) is 2. The largest absolute Gasteiger partial charge is 0.491 e. The van der Waals surface area contributed by atoms with E-state index in [2.05, 4.69) is 9.80 Å². The SMILES string of the molecule is O[C@@H](COc1ccc(OC[C@H](O)CN2CCCC2)cc1)CN1CCCC1. The summed E-state index contributed by atoms with van der Waals surface area (Å²) >= 11 is 0. The molecule has 0 saturated carbocycles. The molecular formula is C20H32N2O4. The first-order valence-corrected chi connectivity index (χ1v) is 9.85. The molecule has 26 heavy (non-hydrogen) atoms. The number of ether oxygens (including phenoxy) is 2. The van der Waals surface area contributed by atoms with Gasteiger partial charge >= 0.3 is 0 Å². The van der Waals surface area contributed by atoms with Gasteiger partial charge in [-0.25, -0.2) is 0 Å². The van der Waals surface area contributed by atoms with E-state index >= 15 is 0 Å². The van der Waals surface area contributed by atoms with E-state index in [4.69, 9.17) is 9.47 Å². The summed E-state index contributed by atoms with van der Waals surface area (Å²) in [5.74, 6) is 1.44. The van der Waals surface area contributed by atoms with Gasteiger partial charge in [0.05, 0.1) is 0 Å². The third-order valence-corrected chi connectivity index (χ3v) is 5.04. The number of benzene rings is 1. The zero-order valence-corrected chi connectivity index (χ0v) is 15.6. The fourth-order valence-electron chi connectivity index (χ4n) is 3.65. The van der Waals surface area contributed by atoms with E-state index < -0.39 is 12.2 Å². The summed E-state index contributed by atoms with van der Waals surface area (Å²) in [4.78, 5) is 4.55. The van der Waals surface area contributed by atoms with Crippen molar-refractivity contribution >= 4 is 0 Å². The number of likely N-dealkylation sites (tertiary alicyclic amines) is 2. The Hall–Kier alpha value is -1.34. The van der Waals surface area contributed by atoms with Crippen LogP contribution in [0, 0.1) is 0 Å². The monoisotopic (exact) mass is 364 g/mol. The molecule has 0 unspecified atom stereocenters. The molecule has 6 heteroatoms. The van der Waals surface area contributed by atoms with Crippen LogP contribution in [-0.2, 0) is 0 Å². The predicted octanol–water partition coefficient (Wildman–Crippen LogP) is 1.36. The minimum absolute atomic E-state index is 0.297. The van der Waals surface area contributed by atoms with Crippen molar-refractivity contribution in [3.8, 4) is 11.5 Å². The van der Waals surface area contributed by atoms with Gasteiger partial charge in [-0.2, -0.15) is 0 Å². The highest BCUT2D eigenvalue weighted by Gasteiger charge is 2.17. The van der Waals surface area contributed by atoms with Gasteiger partial charge in [0.15, 0.2) is 0 Å². The Labute approximate surface area is 156 Å². The van der Waals surface area contributed by atoms with Gasteiger partial charge in [0, 0.05) is 13.1 Å².